The van der Waals surface area contributed by atoms with Crippen molar-refractivity contribution in [2.45, 2.75) is 32.7 Å². The van der Waals surface area contributed by atoms with Gasteiger partial charge >= 0.3 is 0 Å². The average molecular weight is 236 g/mol. The summed E-state index contributed by atoms with van der Waals surface area (Å²) in [6.07, 6.45) is 2.01. The summed E-state index contributed by atoms with van der Waals surface area (Å²) in [6.45, 7) is 4.08. The monoisotopic (exact) mass is 236 g/mol. The highest BCUT2D eigenvalue weighted by Crippen LogP contribution is 2.18. The second-order valence-electron chi connectivity index (χ2n) is 4.16. The quantitative estimate of drug-likeness (QED) is 0.770. The van der Waals surface area contributed by atoms with Gasteiger partial charge in [-0.25, -0.2) is 0 Å². The number of carbonyl (C=O) groups excluding carboxylic acids is 1. The Labute approximate surface area is 102 Å². The van der Waals surface area contributed by atoms with Crippen LogP contribution in [0.1, 0.15) is 37.0 Å². The molecule has 1 aromatic rings. The minimum Gasteiger partial charge on any atom is -0.497 e. The van der Waals surface area contributed by atoms with Crippen LogP contribution < -0.4 is 15.8 Å². The number of carbonyl (C=O) groups is 1. The molecule has 0 bridgehead atoms. The number of hydrogen-bond acceptors (Lipinski definition) is 3. The second-order valence-corrected chi connectivity index (χ2v) is 4.16. The first-order chi connectivity index (χ1) is 8.06. The summed E-state index contributed by atoms with van der Waals surface area (Å²) in [4.78, 5) is 11.9. The Kier molecular flexibility index (Phi) is 4.82. The highest BCUT2D eigenvalue weighted by atomic mass is 16.5. The number of amides is 1. The zero-order chi connectivity index (χ0) is 12.8. The fraction of sp³-hybridized carbons (Fsp3) is 0.462. The Balaban J connectivity index is 2.78. The molecular formula is C13H20N2O2. The number of nitrogens with one attached hydrogen (secondary N) is 1. The van der Waals surface area contributed by atoms with Crippen molar-refractivity contribution in [2.75, 3.05) is 12.8 Å². The van der Waals surface area contributed by atoms with E-state index in [0.29, 0.717) is 17.0 Å². The number of ether oxygens (including phenoxy) is 1. The van der Waals surface area contributed by atoms with Crippen LogP contribution in [0.2, 0.25) is 0 Å². The van der Waals surface area contributed by atoms with E-state index in [2.05, 4.69) is 12.2 Å². The molecule has 94 valence electrons. The zero-order valence-corrected chi connectivity index (χ0v) is 10.6. The molecule has 0 fully saturated rings. The van der Waals surface area contributed by atoms with Gasteiger partial charge in [0.05, 0.1) is 7.11 Å². The summed E-state index contributed by atoms with van der Waals surface area (Å²) >= 11 is 0. The predicted octanol–water partition coefficient (Wildman–Crippen LogP) is 2.20. The maximum atomic E-state index is 11.9. The Morgan fingerprint density at radius 3 is 2.76 bits per heavy atom. The van der Waals surface area contributed by atoms with Crippen LogP contribution in [0.4, 0.5) is 5.69 Å². The molecule has 0 saturated heterocycles. The van der Waals surface area contributed by atoms with Gasteiger partial charge in [0.1, 0.15) is 5.75 Å². The zero-order valence-electron chi connectivity index (χ0n) is 10.6. The summed E-state index contributed by atoms with van der Waals surface area (Å²) in [5.41, 5.74) is 6.76. The molecule has 1 unspecified atom stereocenters. The molecular weight excluding hydrogens is 216 g/mol. The van der Waals surface area contributed by atoms with Crippen LogP contribution >= 0.6 is 0 Å². The van der Waals surface area contributed by atoms with Crippen LogP contribution in [0, 0.1) is 0 Å². The van der Waals surface area contributed by atoms with Crippen LogP contribution in [-0.2, 0) is 0 Å². The van der Waals surface area contributed by atoms with E-state index in [1.807, 2.05) is 6.92 Å². The standard InChI is InChI=1S/C13H20N2O2/c1-4-5-9(2)15-13(16)10-6-11(14)8-12(7-10)17-3/h6-9H,4-5,14H2,1-3H3,(H,15,16). The Morgan fingerprint density at radius 1 is 1.47 bits per heavy atom. The Hall–Kier alpha value is -1.71. The smallest absolute Gasteiger partial charge is 0.251 e. The molecule has 0 aliphatic rings. The first-order valence-corrected chi connectivity index (χ1v) is 5.82. The fourth-order valence-electron chi connectivity index (χ4n) is 1.68. The third-order valence-electron chi connectivity index (χ3n) is 2.53. The summed E-state index contributed by atoms with van der Waals surface area (Å²) in [6, 6.07) is 5.19. The van der Waals surface area contributed by atoms with Gasteiger partial charge in [0.2, 0.25) is 0 Å². The van der Waals surface area contributed by atoms with Crippen molar-refractivity contribution >= 4 is 11.6 Å². The van der Waals surface area contributed by atoms with Crippen LogP contribution in [0.15, 0.2) is 18.2 Å². The SMILES string of the molecule is CCCC(C)NC(=O)c1cc(N)cc(OC)c1. The highest BCUT2D eigenvalue weighted by molar-refractivity contribution is 5.95. The van der Waals surface area contributed by atoms with Crippen molar-refractivity contribution in [2.24, 2.45) is 0 Å². The van der Waals surface area contributed by atoms with E-state index in [4.69, 9.17) is 10.5 Å². The first-order valence-electron chi connectivity index (χ1n) is 5.82. The largest absolute Gasteiger partial charge is 0.497 e. The van der Waals surface area contributed by atoms with Crippen molar-refractivity contribution in [1.29, 1.82) is 0 Å². The van der Waals surface area contributed by atoms with Crippen LogP contribution in [0.3, 0.4) is 0 Å². The maximum Gasteiger partial charge on any atom is 0.251 e. The van der Waals surface area contributed by atoms with Gasteiger partial charge in [0.15, 0.2) is 0 Å². The van der Waals surface area contributed by atoms with E-state index in [9.17, 15) is 4.79 Å². The van der Waals surface area contributed by atoms with E-state index < -0.39 is 0 Å². The van der Waals surface area contributed by atoms with Gasteiger partial charge in [-0.05, 0) is 25.5 Å². The minimum atomic E-state index is -0.114. The van der Waals surface area contributed by atoms with Crippen molar-refractivity contribution in [3.63, 3.8) is 0 Å². The molecule has 1 rings (SSSR count). The molecule has 4 heteroatoms. The summed E-state index contributed by atoms with van der Waals surface area (Å²) in [5, 5.41) is 2.93. The molecule has 3 N–H and O–H groups in total. The van der Waals surface area contributed by atoms with Gasteiger partial charge in [-0.3, -0.25) is 4.79 Å². The van der Waals surface area contributed by atoms with Crippen molar-refractivity contribution < 1.29 is 9.53 Å². The molecule has 0 radical (unpaired) electrons. The Morgan fingerprint density at radius 2 is 2.18 bits per heavy atom. The third-order valence-corrected chi connectivity index (χ3v) is 2.53. The van der Waals surface area contributed by atoms with Gasteiger partial charge < -0.3 is 15.8 Å². The number of rotatable bonds is 5. The van der Waals surface area contributed by atoms with Crippen molar-refractivity contribution in [1.82, 2.24) is 5.32 Å². The number of hydrogen-bond donors (Lipinski definition) is 2. The molecule has 1 amide bonds. The number of benzene rings is 1. The van der Waals surface area contributed by atoms with Gasteiger partial charge in [-0.2, -0.15) is 0 Å². The van der Waals surface area contributed by atoms with Crippen LogP contribution in [-0.4, -0.2) is 19.1 Å². The summed E-state index contributed by atoms with van der Waals surface area (Å²) < 4.78 is 5.08. The number of anilines is 1. The lowest BCUT2D eigenvalue weighted by atomic mass is 10.1. The second kappa shape index (κ2) is 6.13. The average Bonchev–Trinajstić information content (AvgIpc) is 2.28. The Bertz CT molecular complexity index is 391. The molecule has 0 heterocycles. The van der Waals surface area contributed by atoms with Crippen molar-refractivity contribution in [3.8, 4) is 5.75 Å². The molecule has 0 spiro atoms. The lowest BCUT2D eigenvalue weighted by molar-refractivity contribution is 0.0938. The molecule has 1 atom stereocenters. The van der Waals surface area contributed by atoms with Gasteiger partial charge in [0, 0.05) is 23.4 Å². The minimum absolute atomic E-state index is 0.114. The van der Waals surface area contributed by atoms with Crippen LogP contribution in [0.25, 0.3) is 0 Å². The highest BCUT2D eigenvalue weighted by Gasteiger charge is 2.10. The molecule has 17 heavy (non-hydrogen) atoms. The lowest BCUT2D eigenvalue weighted by Crippen LogP contribution is -2.32. The van der Waals surface area contributed by atoms with E-state index in [1.54, 1.807) is 25.3 Å². The maximum absolute atomic E-state index is 11.9. The molecule has 0 aromatic heterocycles. The summed E-state index contributed by atoms with van der Waals surface area (Å²) in [7, 11) is 1.55. The number of methoxy groups -OCH3 is 1. The summed E-state index contributed by atoms with van der Waals surface area (Å²) in [5.74, 6) is 0.481. The first kappa shape index (κ1) is 13.4. The van der Waals surface area contributed by atoms with Gasteiger partial charge in [-0.15, -0.1) is 0 Å². The normalized spacial score (nSPS) is 11.9. The number of nitrogens with two attached hydrogens (primary N) is 1. The van der Waals surface area contributed by atoms with E-state index >= 15 is 0 Å². The van der Waals surface area contributed by atoms with Gasteiger partial charge in [-0.1, -0.05) is 13.3 Å². The topological polar surface area (TPSA) is 64.4 Å². The lowest BCUT2D eigenvalue weighted by Gasteiger charge is -2.13. The molecule has 1 aromatic carbocycles. The number of nitrogen functional groups attached to an aromatic ring is 1. The van der Waals surface area contributed by atoms with E-state index in [-0.39, 0.29) is 11.9 Å². The van der Waals surface area contributed by atoms with Crippen LogP contribution in [0.5, 0.6) is 5.75 Å². The fourth-order valence-corrected chi connectivity index (χ4v) is 1.68. The molecule has 4 nitrogen and oxygen atoms in total. The van der Waals surface area contributed by atoms with Crippen molar-refractivity contribution in [3.05, 3.63) is 23.8 Å². The molecule has 0 saturated carbocycles. The predicted molar refractivity (Wildman–Crippen MR) is 69.2 cm³/mol. The molecule has 0 aliphatic carbocycles. The third kappa shape index (κ3) is 3.98. The van der Waals surface area contributed by atoms with E-state index in [0.717, 1.165) is 12.8 Å². The van der Waals surface area contributed by atoms with Gasteiger partial charge in [0.25, 0.3) is 5.91 Å². The van der Waals surface area contributed by atoms with E-state index in [1.165, 1.54) is 0 Å². The molecule has 0 aliphatic heterocycles.